The maximum atomic E-state index is 12.1. The Morgan fingerprint density at radius 2 is 1.75 bits per heavy atom. The maximum absolute atomic E-state index is 12.1. The fourth-order valence-electron chi connectivity index (χ4n) is 2.00. The number of amides is 1. The molecule has 0 heterocycles. The Balaban J connectivity index is 2.67. The monoisotopic (exact) mass is 280 g/mol. The van der Waals surface area contributed by atoms with Crippen LogP contribution in [-0.2, 0) is 0 Å². The second-order valence-electron chi connectivity index (χ2n) is 5.18. The van der Waals surface area contributed by atoms with E-state index in [1.165, 1.54) is 0 Å². The summed E-state index contributed by atoms with van der Waals surface area (Å²) in [6, 6.07) is 5.15. The summed E-state index contributed by atoms with van der Waals surface area (Å²) in [5.74, 6) is 1.49. The molecule has 0 fully saturated rings. The molecule has 20 heavy (non-hydrogen) atoms. The molecule has 5 nitrogen and oxygen atoms in total. The highest BCUT2D eigenvalue weighted by atomic mass is 16.5. The molecule has 0 aromatic heterocycles. The minimum Gasteiger partial charge on any atom is -0.497 e. The second kappa shape index (κ2) is 7.75. The van der Waals surface area contributed by atoms with Crippen LogP contribution in [0.4, 0.5) is 0 Å². The van der Waals surface area contributed by atoms with Gasteiger partial charge in [-0.3, -0.25) is 4.79 Å². The van der Waals surface area contributed by atoms with Gasteiger partial charge in [0.2, 0.25) is 0 Å². The lowest BCUT2D eigenvalue weighted by atomic mass is 10.1. The van der Waals surface area contributed by atoms with Gasteiger partial charge in [0.1, 0.15) is 11.5 Å². The third kappa shape index (κ3) is 5.09. The van der Waals surface area contributed by atoms with Crippen LogP contribution in [0.1, 0.15) is 17.3 Å². The predicted molar refractivity (Wildman–Crippen MR) is 79.6 cm³/mol. The summed E-state index contributed by atoms with van der Waals surface area (Å²) in [7, 11) is 7.17. The molecule has 1 rings (SSSR count). The van der Waals surface area contributed by atoms with Crippen molar-refractivity contribution in [3.8, 4) is 11.5 Å². The fourth-order valence-corrected chi connectivity index (χ4v) is 2.00. The van der Waals surface area contributed by atoms with Crippen molar-refractivity contribution in [3.05, 3.63) is 23.8 Å². The number of ether oxygens (including phenoxy) is 2. The van der Waals surface area contributed by atoms with E-state index in [0.717, 1.165) is 6.54 Å². The maximum Gasteiger partial charge on any atom is 0.251 e. The molecule has 0 saturated heterocycles. The third-order valence-corrected chi connectivity index (χ3v) is 2.90. The van der Waals surface area contributed by atoms with Gasteiger partial charge in [-0.25, -0.2) is 0 Å². The Labute approximate surface area is 120 Å². The normalized spacial score (nSPS) is 12.1. The van der Waals surface area contributed by atoms with Crippen LogP contribution in [0.3, 0.4) is 0 Å². The van der Waals surface area contributed by atoms with Gasteiger partial charge in [-0.1, -0.05) is 6.92 Å². The first-order valence-corrected chi connectivity index (χ1v) is 6.62. The predicted octanol–water partition coefficient (Wildman–Crippen LogP) is 1.63. The number of nitrogens with zero attached hydrogens (tertiary/aromatic N) is 1. The quantitative estimate of drug-likeness (QED) is 0.825. The molecule has 0 aliphatic heterocycles. The zero-order chi connectivity index (χ0) is 15.1. The Hall–Kier alpha value is -1.75. The highest BCUT2D eigenvalue weighted by molar-refractivity contribution is 5.95. The van der Waals surface area contributed by atoms with Gasteiger partial charge in [0.05, 0.1) is 14.2 Å². The smallest absolute Gasteiger partial charge is 0.251 e. The van der Waals surface area contributed by atoms with Crippen LogP contribution in [0.5, 0.6) is 11.5 Å². The van der Waals surface area contributed by atoms with Crippen LogP contribution in [0.2, 0.25) is 0 Å². The Morgan fingerprint density at radius 1 is 1.20 bits per heavy atom. The lowest BCUT2D eigenvalue weighted by molar-refractivity contribution is 0.0945. The molecule has 0 bridgehead atoms. The van der Waals surface area contributed by atoms with Crippen LogP contribution in [-0.4, -0.2) is 52.2 Å². The number of hydrogen-bond donors (Lipinski definition) is 1. The molecule has 1 aromatic carbocycles. The van der Waals surface area contributed by atoms with Gasteiger partial charge in [-0.05, 0) is 32.1 Å². The topological polar surface area (TPSA) is 50.8 Å². The first-order chi connectivity index (χ1) is 9.46. The summed E-state index contributed by atoms with van der Waals surface area (Å²) in [5, 5.41) is 2.93. The molecule has 1 unspecified atom stereocenters. The first kappa shape index (κ1) is 16.3. The zero-order valence-electron chi connectivity index (χ0n) is 12.9. The summed E-state index contributed by atoms with van der Waals surface area (Å²) in [4.78, 5) is 14.2. The fraction of sp³-hybridized carbons (Fsp3) is 0.533. The van der Waals surface area contributed by atoms with Gasteiger partial charge in [0.25, 0.3) is 5.91 Å². The number of carbonyl (C=O) groups is 1. The summed E-state index contributed by atoms with van der Waals surface area (Å²) in [6.07, 6.45) is 0. The van der Waals surface area contributed by atoms with E-state index in [9.17, 15) is 4.79 Å². The van der Waals surface area contributed by atoms with Crippen molar-refractivity contribution < 1.29 is 14.3 Å². The average molecular weight is 280 g/mol. The van der Waals surface area contributed by atoms with Crippen molar-refractivity contribution in [2.45, 2.75) is 6.92 Å². The van der Waals surface area contributed by atoms with Crippen molar-refractivity contribution in [2.24, 2.45) is 5.92 Å². The lowest BCUT2D eigenvalue weighted by Crippen LogP contribution is -2.32. The number of carbonyl (C=O) groups excluding carboxylic acids is 1. The molecule has 0 aliphatic rings. The number of hydrogen-bond acceptors (Lipinski definition) is 4. The van der Waals surface area contributed by atoms with Crippen molar-refractivity contribution >= 4 is 5.91 Å². The molecule has 0 radical (unpaired) electrons. The molecular weight excluding hydrogens is 256 g/mol. The molecule has 112 valence electrons. The SMILES string of the molecule is COc1cc(OC)cc(C(=O)NCC(C)CN(C)C)c1. The lowest BCUT2D eigenvalue weighted by Gasteiger charge is -2.17. The van der Waals surface area contributed by atoms with E-state index in [1.54, 1.807) is 32.4 Å². The summed E-state index contributed by atoms with van der Waals surface area (Å²) in [5.41, 5.74) is 0.540. The number of benzene rings is 1. The molecule has 1 N–H and O–H groups in total. The molecule has 5 heteroatoms. The highest BCUT2D eigenvalue weighted by Crippen LogP contribution is 2.22. The summed E-state index contributed by atoms with van der Waals surface area (Å²) >= 11 is 0. The first-order valence-electron chi connectivity index (χ1n) is 6.62. The van der Waals surface area contributed by atoms with E-state index in [1.807, 2.05) is 14.1 Å². The molecule has 0 saturated carbocycles. The van der Waals surface area contributed by atoms with Gasteiger partial charge >= 0.3 is 0 Å². The van der Waals surface area contributed by atoms with Crippen molar-refractivity contribution in [3.63, 3.8) is 0 Å². The molecule has 1 amide bonds. The molecule has 0 aliphatic carbocycles. The van der Waals surface area contributed by atoms with E-state index in [-0.39, 0.29) is 5.91 Å². The minimum absolute atomic E-state index is 0.118. The van der Waals surface area contributed by atoms with Crippen molar-refractivity contribution in [2.75, 3.05) is 41.4 Å². The van der Waals surface area contributed by atoms with E-state index in [2.05, 4.69) is 17.1 Å². The van der Waals surface area contributed by atoms with Gasteiger partial charge in [0, 0.05) is 24.7 Å². The Morgan fingerprint density at radius 3 is 2.20 bits per heavy atom. The van der Waals surface area contributed by atoms with E-state index < -0.39 is 0 Å². The van der Waals surface area contributed by atoms with E-state index in [4.69, 9.17) is 9.47 Å². The summed E-state index contributed by atoms with van der Waals surface area (Å²) < 4.78 is 10.3. The van der Waals surface area contributed by atoms with E-state index >= 15 is 0 Å². The molecule has 1 aromatic rings. The number of rotatable bonds is 7. The van der Waals surface area contributed by atoms with E-state index in [0.29, 0.717) is 29.5 Å². The Bertz CT molecular complexity index is 424. The van der Waals surface area contributed by atoms with Gasteiger partial charge in [-0.2, -0.15) is 0 Å². The van der Waals surface area contributed by atoms with Crippen LogP contribution < -0.4 is 14.8 Å². The summed E-state index contributed by atoms with van der Waals surface area (Å²) in [6.45, 7) is 3.67. The van der Waals surface area contributed by atoms with Crippen LogP contribution in [0.15, 0.2) is 18.2 Å². The number of methoxy groups -OCH3 is 2. The van der Waals surface area contributed by atoms with Crippen LogP contribution in [0, 0.1) is 5.92 Å². The Kier molecular flexibility index (Phi) is 6.31. The largest absolute Gasteiger partial charge is 0.497 e. The highest BCUT2D eigenvalue weighted by Gasteiger charge is 2.11. The standard InChI is InChI=1S/C15H24N2O3/c1-11(10-17(2)3)9-16-15(18)12-6-13(19-4)8-14(7-12)20-5/h6-8,11H,9-10H2,1-5H3,(H,16,18). The number of nitrogens with one attached hydrogen (secondary N) is 1. The molecule has 1 atom stereocenters. The molecular formula is C15H24N2O3. The average Bonchev–Trinajstić information content (AvgIpc) is 2.43. The van der Waals surface area contributed by atoms with Gasteiger partial charge in [0.15, 0.2) is 0 Å². The van der Waals surface area contributed by atoms with Crippen LogP contribution >= 0.6 is 0 Å². The van der Waals surface area contributed by atoms with Crippen molar-refractivity contribution in [1.29, 1.82) is 0 Å². The van der Waals surface area contributed by atoms with Gasteiger partial charge in [-0.15, -0.1) is 0 Å². The van der Waals surface area contributed by atoms with Crippen molar-refractivity contribution in [1.82, 2.24) is 10.2 Å². The van der Waals surface area contributed by atoms with Crippen LogP contribution in [0.25, 0.3) is 0 Å². The molecule has 0 spiro atoms. The third-order valence-electron chi connectivity index (χ3n) is 2.90. The minimum atomic E-state index is -0.118. The second-order valence-corrected chi connectivity index (χ2v) is 5.18. The zero-order valence-corrected chi connectivity index (χ0v) is 12.9. The van der Waals surface area contributed by atoms with Gasteiger partial charge < -0.3 is 19.7 Å².